The molecule has 1 fully saturated rings. The molecule has 2 atom stereocenters. The molecule has 0 radical (unpaired) electrons. The zero-order valence-corrected chi connectivity index (χ0v) is 13.8. The molecule has 2 unspecified atom stereocenters. The smallest absolute Gasteiger partial charge is 0.251 e. The van der Waals surface area contributed by atoms with Gasteiger partial charge >= 0.3 is 0 Å². The van der Waals surface area contributed by atoms with E-state index in [1.807, 2.05) is 36.9 Å². The maximum absolute atomic E-state index is 12.3. The molecule has 4 heteroatoms. The summed E-state index contributed by atoms with van der Waals surface area (Å²) in [4.78, 5) is 12.3. The number of benzene rings is 1. The molecule has 0 spiro atoms. The number of hydrogen-bond acceptors (Lipinski definition) is 2. The summed E-state index contributed by atoms with van der Waals surface area (Å²) in [5, 5.41) is 3.90. The molecule has 0 saturated heterocycles. The van der Waals surface area contributed by atoms with Gasteiger partial charge in [-0.25, -0.2) is 0 Å². The number of carbonyl (C=O) groups excluding carboxylic acids is 1. The van der Waals surface area contributed by atoms with Crippen molar-refractivity contribution in [2.45, 2.75) is 44.4 Å². The summed E-state index contributed by atoms with van der Waals surface area (Å²) in [5.41, 5.74) is 1.79. The number of hydrogen-bond donors (Lipinski definition) is 1. The summed E-state index contributed by atoms with van der Waals surface area (Å²) >= 11 is 5.49. The van der Waals surface area contributed by atoms with Gasteiger partial charge in [-0.15, -0.1) is 0 Å². The Kier molecular flexibility index (Phi) is 5.34. The van der Waals surface area contributed by atoms with Gasteiger partial charge in [0.2, 0.25) is 0 Å². The summed E-state index contributed by atoms with van der Waals surface area (Å²) in [6, 6.07) is 6.11. The summed E-state index contributed by atoms with van der Waals surface area (Å²) in [5.74, 6) is 1.22. The highest BCUT2D eigenvalue weighted by Crippen LogP contribution is 2.30. The van der Waals surface area contributed by atoms with E-state index in [1.165, 1.54) is 6.42 Å². The van der Waals surface area contributed by atoms with Crippen molar-refractivity contribution >= 4 is 33.6 Å². The number of rotatable bonds is 4. The molecular weight excluding hydrogens is 322 g/mol. The van der Waals surface area contributed by atoms with Crippen LogP contribution in [-0.2, 0) is 0 Å². The van der Waals surface area contributed by atoms with Gasteiger partial charge < -0.3 is 5.32 Å². The Labute approximate surface area is 127 Å². The van der Waals surface area contributed by atoms with E-state index in [-0.39, 0.29) is 5.91 Å². The van der Waals surface area contributed by atoms with E-state index in [9.17, 15) is 4.79 Å². The van der Waals surface area contributed by atoms with Crippen molar-refractivity contribution < 1.29 is 4.79 Å². The van der Waals surface area contributed by atoms with Gasteiger partial charge in [-0.1, -0.05) is 28.9 Å². The standard InChI is InChI=1S/C15H20BrNOS/c1-3-19-12-8-7-11(9-12)17-15(18)13-5-4-6-14(16)10(13)2/h4-6,11-12H,3,7-9H2,1-2H3,(H,17,18). The first-order valence-electron chi connectivity index (χ1n) is 6.79. The molecule has 1 N–H and O–H groups in total. The Balaban J connectivity index is 1.97. The van der Waals surface area contributed by atoms with Gasteiger partial charge in [0.1, 0.15) is 0 Å². The normalized spacial score (nSPS) is 22.5. The molecule has 1 aromatic carbocycles. The van der Waals surface area contributed by atoms with Crippen molar-refractivity contribution in [3.63, 3.8) is 0 Å². The number of halogens is 1. The highest BCUT2D eigenvalue weighted by Gasteiger charge is 2.26. The predicted octanol–water partition coefficient (Wildman–Crippen LogP) is 4.16. The zero-order chi connectivity index (χ0) is 13.8. The lowest BCUT2D eigenvalue weighted by atomic mass is 10.1. The first kappa shape index (κ1) is 14.9. The van der Waals surface area contributed by atoms with Crippen LogP contribution in [0.3, 0.4) is 0 Å². The van der Waals surface area contributed by atoms with Gasteiger partial charge in [0.25, 0.3) is 5.91 Å². The molecule has 2 rings (SSSR count). The largest absolute Gasteiger partial charge is 0.349 e. The average Bonchev–Trinajstić information content (AvgIpc) is 2.80. The minimum absolute atomic E-state index is 0.0611. The van der Waals surface area contributed by atoms with Gasteiger partial charge in [0, 0.05) is 21.3 Å². The molecule has 0 heterocycles. The predicted molar refractivity (Wildman–Crippen MR) is 85.9 cm³/mol. The highest BCUT2D eigenvalue weighted by atomic mass is 79.9. The number of thioether (sulfide) groups is 1. The Morgan fingerprint density at radius 1 is 1.47 bits per heavy atom. The minimum atomic E-state index is 0.0611. The first-order valence-corrected chi connectivity index (χ1v) is 8.63. The molecule has 1 aromatic rings. The van der Waals surface area contributed by atoms with Crippen molar-refractivity contribution in [3.8, 4) is 0 Å². The molecule has 1 amide bonds. The van der Waals surface area contributed by atoms with Gasteiger partial charge in [0.15, 0.2) is 0 Å². The van der Waals surface area contributed by atoms with Crippen LogP contribution in [0.25, 0.3) is 0 Å². The van der Waals surface area contributed by atoms with E-state index < -0.39 is 0 Å². The van der Waals surface area contributed by atoms with Crippen LogP contribution in [0.1, 0.15) is 42.1 Å². The Hall–Kier alpha value is -0.480. The SMILES string of the molecule is CCSC1CCC(NC(=O)c2cccc(Br)c2C)C1. The molecule has 0 bridgehead atoms. The van der Waals surface area contributed by atoms with E-state index >= 15 is 0 Å². The average molecular weight is 342 g/mol. The second kappa shape index (κ2) is 6.80. The fraction of sp³-hybridized carbons (Fsp3) is 0.533. The lowest BCUT2D eigenvalue weighted by molar-refractivity contribution is 0.0937. The molecule has 2 nitrogen and oxygen atoms in total. The van der Waals surface area contributed by atoms with E-state index in [0.29, 0.717) is 6.04 Å². The van der Waals surface area contributed by atoms with E-state index in [2.05, 4.69) is 28.2 Å². The fourth-order valence-electron chi connectivity index (χ4n) is 2.57. The van der Waals surface area contributed by atoms with Crippen LogP contribution >= 0.6 is 27.7 Å². The summed E-state index contributed by atoms with van der Waals surface area (Å²) in [6.07, 6.45) is 3.44. The second-order valence-corrected chi connectivity index (χ2v) is 7.40. The number of nitrogens with one attached hydrogen (secondary N) is 1. The van der Waals surface area contributed by atoms with Crippen molar-refractivity contribution in [2.24, 2.45) is 0 Å². The van der Waals surface area contributed by atoms with Crippen LogP contribution in [-0.4, -0.2) is 23.0 Å². The Bertz CT molecular complexity index is 463. The monoisotopic (exact) mass is 341 g/mol. The third kappa shape index (κ3) is 3.76. The zero-order valence-electron chi connectivity index (χ0n) is 11.4. The molecule has 0 aromatic heterocycles. The molecule has 1 saturated carbocycles. The molecule has 104 valence electrons. The Morgan fingerprint density at radius 2 is 2.26 bits per heavy atom. The summed E-state index contributed by atoms with van der Waals surface area (Å²) in [6.45, 7) is 4.17. The maximum atomic E-state index is 12.3. The van der Waals surface area contributed by atoms with Gasteiger partial charge in [-0.2, -0.15) is 11.8 Å². The van der Waals surface area contributed by atoms with Crippen molar-refractivity contribution in [2.75, 3.05) is 5.75 Å². The topological polar surface area (TPSA) is 29.1 Å². The van der Waals surface area contributed by atoms with Crippen LogP contribution in [0, 0.1) is 6.92 Å². The van der Waals surface area contributed by atoms with Crippen LogP contribution in [0.2, 0.25) is 0 Å². The van der Waals surface area contributed by atoms with Crippen molar-refractivity contribution in [1.29, 1.82) is 0 Å². The molecule has 1 aliphatic carbocycles. The fourth-order valence-corrected chi connectivity index (χ4v) is 4.08. The van der Waals surface area contributed by atoms with E-state index in [0.717, 1.165) is 39.4 Å². The summed E-state index contributed by atoms with van der Waals surface area (Å²) in [7, 11) is 0. The van der Waals surface area contributed by atoms with Crippen LogP contribution in [0.5, 0.6) is 0 Å². The van der Waals surface area contributed by atoms with Crippen LogP contribution in [0.4, 0.5) is 0 Å². The van der Waals surface area contributed by atoms with Gasteiger partial charge in [-0.3, -0.25) is 4.79 Å². The lowest BCUT2D eigenvalue weighted by Crippen LogP contribution is -2.33. The van der Waals surface area contributed by atoms with Crippen molar-refractivity contribution in [3.05, 3.63) is 33.8 Å². The number of amides is 1. The minimum Gasteiger partial charge on any atom is -0.349 e. The molecule has 0 aliphatic heterocycles. The Morgan fingerprint density at radius 3 is 3.00 bits per heavy atom. The second-order valence-electron chi connectivity index (χ2n) is 4.97. The lowest BCUT2D eigenvalue weighted by Gasteiger charge is -2.14. The molecule has 1 aliphatic rings. The molecular formula is C15H20BrNOS. The van der Waals surface area contributed by atoms with Crippen LogP contribution in [0.15, 0.2) is 22.7 Å². The number of carbonyl (C=O) groups is 1. The van der Waals surface area contributed by atoms with E-state index in [1.54, 1.807) is 0 Å². The highest BCUT2D eigenvalue weighted by molar-refractivity contribution is 9.10. The van der Waals surface area contributed by atoms with Gasteiger partial charge in [-0.05, 0) is 49.6 Å². The van der Waals surface area contributed by atoms with Crippen LogP contribution < -0.4 is 5.32 Å². The van der Waals surface area contributed by atoms with Gasteiger partial charge in [0.05, 0.1) is 0 Å². The van der Waals surface area contributed by atoms with Crippen molar-refractivity contribution in [1.82, 2.24) is 5.32 Å². The first-order chi connectivity index (χ1) is 9.11. The molecule has 19 heavy (non-hydrogen) atoms. The summed E-state index contributed by atoms with van der Waals surface area (Å²) < 4.78 is 0.992. The third-order valence-corrected chi connectivity index (χ3v) is 5.73. The van der Waals surface area contributed by atoms with E-state index in [4.69, 9.17) is 0 Å². The maximum Gasteiger partial charge on any atom is 0.251 e. The third-order valence-electron chi connectivity index (χ3n) is 3.63. The quantitative estimate of drug-likeness (QED) is 0.890.